The molecule has 0 bridgehead atoms. The number of methoxy groups -OCH3 is 1. The Morgan fingerprint density at radius 3 is 2.65 bits per heavy atom. The van der Waals surface area contributed by atoms with Crippen LogP contribution in [0, 0.1) is 13.8 Å². The first kappa shape index (κ1) is 14.3. The molecule has 20 heavy (non-hydrogen) atoms. The van der Waals surface area contributed by atoms with Crippen LogP contribution < -0.4 is 0 Å². The van der Waals surface area contributed by atoms with Crippen molar-refractivity contribution < 1.29 is 14.6 Å². The van der Waals surface area contributed by atoms with E-state index >= 15 is 0 Å². The van der Waals surface area contributed by atoms with Gasteiger partial charge in [-0.25, -0.2) is 4.79 Å². The van der Waals surface area contributed by atoms with E-state index in [2.05, 4.69) is 5.10 Å². The lowest BCUT2D eigenvalue weighted by molar-refractivity contribution is 0.0592. The summed E-state index contributed by atoms with van der Waals surface area (Å²) in [5.74, 6) is -0.444. The molecule has 106 valence electrons. The van der Waals surface area contributed by atoms with Crippen LogP contribution in [0.1, 0.15) is 27.2 Å². The third kappa shape index (κ3) is 2.20. The van der Waals surface area contributed by atoms with Gasteiger partial charge in [0.1, 0.15) is 0 Å². The maximum absolute atomic E-state index is 11.7. The van der Waals surface area contributed by atoms with Gasteiger partial charge in [-0.1, -0.05) is 18.2 Å². The van der Waals surface area contributed by atoms with E-state index in [0.29, 0.717) is 5.69 Å². The average molecular weight is 274 g/mol. The number of hydrogen-bond acceptors (Lipinski definition) is 4. The van der Waals surface area contributed by atoms with Crippen molar-refractivity contribution in [2.24, 2.45) is 7.05 Å². The van der Waals surface area contributed by atoms with Crippen LogP contribution in [0.2, 0.25) is 0 Å². The highest BCUT2D eigenvalue weighted by Crippen LogP contribution is 2.30. The third-order valence-corrected chi connectivity index (χ3v) is 3.53. The molecule has 0 aliphatic carbocycles. The Balaban J connectivity index is 2.65. The first-order chi connectivity index (χ1) is 9.51. The number of carbonyl (C=O) groups excluding carboxylic acids is 1. The number of aryl methyl sites for hydroxylation is 1. The highest BCUT2D eigenvalue weighted by atomic mass is 16.5. The number of benzene rings is 1. The van der Waals surface area contributed by atoms with E-state index in [9.17, 15) is 9.90 Å². The van der Waals surface area contributed by atoms with Crippen molar-refractivity contribution in [1.29, 1.82) is 0 Å². The van der Waals surface area contributed by atoms with Gasteiger partial charge in [0.05, 0.1) is 19.4 Å². The molecule has 0 radical (unpaired) electrons. The molecule has 1 aromatic heterocycles. The van der Waals surface area contributed by atoms with Crippen molar-refractivity contribution in [2.75, 3.05) is 7.11 Å². The average Bonchev–Trinajstić information content (AvgIpc) is 2.74. The lowest BCUT2D eigenvalue weighted by Gasteiger charge is -2.11. The summed E-state index contributed by atoms with van der Waals surface area (Å²) in [7, 11) is 3.13. The molecule has 5 nitrogen and oxygen atoms in total. The standard InChI is InChI=1S/C15H18N2O3/c1-9-11(8-18)6-5-7-12(9)14-10(2)13(15(19)20-4)16-17(14)3/h5-7,18H,8H2,1-4H3. The van der Waals surface area contributed by atoms with Crippen LogP contribution in [-0.2, 0) is 18.4 Å². The fraction of sp³-hybridized carbons (Fsp3) is 0.333. The van der Waals surface area contributed by atoms with Gasteiger partial charge in [0.15, 0.2) is 5.69 Å². The number of hydrogen-bond donors (Lipinski definition) is 1. The van der Waals surface area contributed by atoms with Crippen LogP contribution in [0.5, 0.6) is 0 Å². The summed E-state index contributed by atoms with van der Waals surface area (Å²) in [4.78, 5) is 11.7. The van der Waals surface area contributed by atoms with Crippen molar-refractivity contribution in [3.8, 4) is 11.3 Å². The highest BCUT2D eigenvalue weighted by molar-refractivity contribution is 5.91. The molecule has 2 rings (SSSR count). The highest BCUT2D eigenvalue weighted by Gasteiger charge is 2.21. The Bertz CT molecular complexity index is 659. The number of rotatable bonds is 3. The minimum absolute atomic E-state index is 0.0135. The van der Waals surface area contributed by atoms with Crippen LogP contribution in [0.15, 0.2) is 18.2 Å². The zero-order valence-corrected chi connectivity index (χ0v) is 12.1. The number of aromatic nitrogens is 2. The number of aliphatic hydroxyl groups is 1. The van der Waals surface area contributed by atoms with E-state index in [0.717, 1.165) is 27.9 Å². The Morgan fingerprint density at radius 1 is 1.35 bits per heavy atom. The molecule has 0 aliphatic rings. The second-order valence-corrected chi connectivity index (χ2v) is 4.69. The van der Waals surface area contributed by atoms with E-state index in [-0.39, 0.29) is 6.61 Å². The molecule has 0 aliphatic heterocycles. The molecule has 1 aromatic carbocycles. The first-order valence-corrected chi connectivity index (χ1v) is 6.32. The van der Waals surface area contributed by atoms with Gasteiger partial charge in [0.2, 0.25) is 0 Å². The zero-order chi connectivity index (χ0) is 14.9. The predicted octanol–water partition coefficient (Wildman–Crippen LogP) is 1.98. The summed E-state index contributed by atoms with van der Waals surface area (Å²) in [6, 6.07) is 5.73. The molecule has 1 heterocycles. The van der Waals surface area contributed by atoms with Gasteiger partial charge in [0, 0.05) is 18.2 Å². The Kier molecular flexibility index (Phi) is 3.90. The normalized spacial score (nSPS) is 10.7. The Labute approximate surface area is 117 Å². The topological polar surface area (TPSA) is 64.3 Å². The predicted molar refractivity (Wildman–Crippen MR) is 75.4 cm³/mol. The van der Waals surface area contributed by atoms with Gasteiger partial charge < -0.3 is 9.84 Å². The second kappa shape index (κ2) is 5.46. The maximum atomic E-state index is 11.7. The monoisotopic (exact) mass is 274 g/mol. The number of carbonyl (C=O) groups is 1. The van der Waals surface area contributed by atoms with E-state index in [4.69, 9.17) is 4.74 Å². The molecule has 0 saturated heterocycles. The minimum atomic E-state index is -0.444. The zero-order valence-electron chi connectivity index (χ0n) is 12.1. The maximum Gasteiger partial charge on any atom is 0.358 e. The van der Waals surface area contributed by atoms with Crippen LogP contribution in [0.25, 0.3) is 11.3 Å². The van der Waals surface area contributed by atoms with Gasteiger partial charge in [-0.3, -0.25) is 4.68 Å². The molecular formula is C15H18N2O3. The first-order valence-electron chi connectivity index (χ1n) is 6.32. The van der Waals surface area contributed by atoms with Crippen LogP contribution in [0.4, 0.5) is 0 Å². The summed E-state index contributed by atoms with van der Waals surface area (Å²) < 4.78 is 6.41. The van der Waals surface area contributed by atoms with Crippen LogP contribution >= 0.6 is 0 Å². The van der Waals surface area contributed by atoms with E-state index in [1.54, 1.807) is 11.7 Å². The fourth-order valence-corrected chi connectivity index (χ4v) is 2.41. The Hall–Kier alpha value is -2.14. The quantitative estimate of drug-likeness (QED) is 0.869. The third-order valence-electron chi connectivity index (χ3n) is 3.53. The molecule has 0 amide bonds. The SMILES string of the molecule is COC(=O)c1nn(C)c(-c2cccc(CO)c2C)c1C. The number of esters is 1. The van der Waals surface area contributed by atoms with E-state index in [1.807, 2.05) is 32.0 Å². The largest absolute Gasteiger partial charge is 0.464 e. The van der Waals surface area contributed by atoms with E-state index < -0.39 is 5.97 Å². The van der Waals surface area contributed by atoms with Gasteiger partial charge in [-0.2, -0.15) is 5.10 Å². The smallest absolute Gasteiger partial charge is 0.358 e. The van der Waals surface area contributed by atoms with Crippen molar-refractivity contribution in [3.05, 3.63) is 40.6 Å². The van der Waals surface area contributed by atoms with Crippen molar-refractivity contribution in [3.63, 3.8) is 0 Å². The van der Waals surface area contributed by atoms with Crippen LogP contribution in [-0.4, -0.2) is 28.0 Å². The molecule has 0 spiro atoms. The molecular weight excluding hydrogens is 256 g/mol. The summed E-state index contributed by atoms with van der Waals surface area (Å²) in [6.45, 7) is 3.78. The summed E-state index contributed by atoms with van der Waals surface area (Å²) in [6.07, 6.45) is 0. The molecule has 5 heteroatoms. The van der Waals surface area contributed by atoms with Crippen LogP contribution in [0.3, 0.4) is 0 Å². The molecule has 1 N–H and O–H groups in total. The number of nitrogens with zero attached hydrogens (tertiary/aromatic N) is 2. The molecule has 0 fully saturated rings. The lowest BCUT2D eigenvalue weighted by atomic mass is 9.98. The Morgan fingerprint density at radius 2 is 2.05 bits per heavy atom. The number of aliphatic hydroxyl groups excluding tert-OH is 1. The van der Waals surface area contributed by atoms with Gasteiger partial charge in [-0.05, 0) is 25.0 Å². The summed E-state index contributed by atoms with van der Waals surface area (Å²) in [5.41, 5.74) is 4.76. The molecule has 0 atom stereocenters. The summed E-state index contributed by atoms with van der Waals surface area (Å²) in [5, 5.41) is 13.6. The van der Waals surface area contributed by atoms with Gasteiger partial charge in [0.25, 0.3) is 0 Å². The van der Waals surface area contributed by atoms with Crippen molar-refractivity contribution in [1.82, 2.24) is 9.78 Å². The molecule has 0 saturated carbocycles. The molecule has 0 unspecified atom stereocenters. The summed E-state index contributed by atoms with van der Waals surface area (Å²) >= 11 is 0. The van der Waals surface area contributed by atoms with Crippen molar-refractivity contribution >= 4 is 5.97 Å². The lowest BCUT2D eigenvalue weighted by Crippen LogP contribution is -2.04. The van der Waals surface area contributed by atoms with Gasteiger partial charge >= 0.3 is 5.97 Å². The van der Waals surface area contributed by atoms with E-state index in [1.165, 1.54) is 7.11 Å². The van der Waals surface area contributed by atoms with Gasteiger partial charge in [-0.15, -0.1) is 0 Å². The molecule has 2 aromatic rings. The second-order valence-electron chi connectivity index (χ2n) is 4.69. The van der Waals surface area contributed by atoms with Crippen molar-refractivity contribution in [2.45, 2.75) is 20.5 Å². The fourth-order valence-electron chi connectivity index (χ4n) is 2.41. The minimum Gasteiger partial charge on any atom is -0.464 e. The number of ether oxygens (including phenoxy) is 1.